The van der Waals surface area contributed by atoms with E-state index in [0.29, 0.717) is 22.9 Å². The Morgan fingerprint density at radius 3 is 2.30 bits per heavy atom. The normalized spacial score (nSPS) is 12.0. The second kappa shape index (κ2) is 9.57. The van der Waals surface area contributed by atoms with Gasteiger partial charge in [0.25, 0.3) is 0 Å². The van der Waals surface area contributed by atoms with E-state index in [1.165, 1.54) is 11.3 Å². The molecule has 0 aliphatic heterocycles. The number of ether oxygens (including phenoxy) is 3. The molecule has 0 aliphatic rings. The highest BCUT2D eigenvalue weighted by atomic mass is 32.1. The lowest BCUT2D eigenvalue weighted by molar-refractivity contribution is -0.121. The molecule has 1 amide bonds. The van der Waals surface area contributed by atoms with E-state index in [-0.39, 0.29) is 30.9 Å². The Kier molecular flexibility index (Phi) is 7.44. The predicted molar refractivity (Wildman–Crippen MR) is 105 cm³/mol. The highest BCUT2D eigenvalue weighted by molar-refractivity contribution is 7.13. The number of amides is 1. The van der Waals surface area contributed by atoms with Gasteiger partial charge in [0, 0.05) is 10.9 Å². The van der Waals surface area contributed by atoms with Crippen LogP contribution in [0.5, 0.6) is 17.2 Å². The van der Waals surface area contributed by atoms with Crippen LogP contribution in [-0.4, -0.2) is 50.0 Å². The number of methoxy groups -OCH3 is 3. The van der Waals surface area contributed by atoms with Gasteiger partial charge >= 0.3 is 0 Å². The number of rotatable bonds is 9. The van der Waals surface area contributed by atoms with E-state index in [0.717, 1.165) is 10.6 Å². The third kappa shape index (κ3) is 5.11. The number of thiazole rings is 1. The van der Waals surface area contributed by atoms with Crippen LogP contribution in [0.3, 0.4) is 0 Å². The van der Waals surface area contributed by atoms with Gasteiger partial charge in [-0.2, -0.15) is 0 Å². The van der Waals surface area contributed by atoms with Crippen molar-refractivity contribution in [1.29, 1.82) is 0 Å². The number of nitrogens with zero attached hydrogens (tertiary/aromatic N) is 1. The van der Waals surface area contributed by atoms with E-state index >= 15 is 0 Å². The second-order valence-electron chi connectivity index (χ2n) is 6.34. The minimum atomic E-state index is -0.259. The molecule has 0 radical (unpaired) electrons. The molecule has 2 aromatic rings. The molecule has 0 saturated heterocycles. The van der Waals surface area contributed by atoms with Gasteiger partial charge < -0.3 is 24.6 Å². The molecule has 1 aromatic heterocycles. The maximum Gasteiger partial charge on any atom is 0.226 e. The van der Waals surface area contributed by atoms with Crippen molar-refractivity contribution in [3.63, 3.8) is 0 Å². The molecule has 0 fully saturated rings. The second-order valence-corrected chi connectivity index (χ2v) is 7.19. The summed E-state index contributed by atoms with van der Waals surface area (Å²) < 4.78 is 16.1. The zero-order valence-corrected chi connectivity index (χ0v) is 17.1. The van der Waals surface area contributed by atoms with Crippen molar-refractivity contribution in [3.05, 3.63) is 23.2 Å². The zero-order valence-electron chi connectivity index (χ0n) is 16.2. The lowest BCUT2D eigenvalue weighted by atomic mass is 10.1. The zero-order chi connectivity index (χ0) is 20.0. The first-order valence-electron chi connectivity index (χ1n) is 8.58. The van der Waals surface area contributed by atoms with Crippen LogP contribution in [-0.2, 0) is 11.2 Å². The van der Waals surface area contributed by atoms with Gasteiger partial charge in [0.15, 0.2) is 11.5 Å². The van der Waals surface area contributed by atoms with Gasteiger partial charge in [-0.15, -0.1) is 11.3 Å². The average molecular weight is 394 g/mol. The first-order chi connectivity index (χ1) is 12.9. The van der Waals surface area contributed by atoms with Crippen LogP contribution in [0, 0.1) is 5.92 Å². The Morgan fingerprint density at radius 1 is 1.19 bits per heavy atom. The summed E-state index contributed by atoms with van der Waals surface area (Å²) in [5.41, 5.74) is 1.48. The average Bonchev–Trinajstić information content (AvgIpc) is 3.12. The molecular formula is C19H26N2O5S. The first-order valence-corrected chi connectivity index (χ1v) is 9.46. The van der Waals surface area contributed by atoms with Crippen molar-refractivity contribution in [2.24, 2.45) is 5.92 Å². The number of hydrogen-bond donors (Lipinski definition) is 2. The summed E-state index contributed by atoms with van der Waals surface area (Å²) in [5, 5.41) is 14.8. The lowest BCUT2D eigenvalue weighted by Gasteiger charge is -2.19. The first kappa shape index (κ1) is 21.0. The minimum absolute atomic E-state index is 0.0862. The molecule has 0 aliphatic carbocycles. The maximum absolute atomic E-state index is 12.2. The molecule has 0 saturated carbocycles. The van der Waals surface area contributed by atoms with Crippen molar-refractivity contribution < 1.29 is 24.1 Å². The van der Waals surface area contributed by atoms with Gasteiger partial charge in [0.1, 0.15) is 5.01 Å². The van der Waals surface area contributed by atoms with E-state index < -0.39 is 0 Å². The molecule has 27 heavy (non-hydrogen) atoms. The standard InChI is InChI=1S/C19H26N2O5S/c1-11(2)14(9-22)21-17(23)8-13-10-27-19(20-13)12-6-15(24-3)18(26-5)16(7-12)25-4/h6-7,10-11,14,22H,8-9H2,1-5H3,(H,21,23)/t14-/m0/s1. The van der Waals surface area contributed by atoms with Gasteiger partial charge in [0.05, 0.1) is 46.1 Å². The Labute approximate surface area is 163 Å². The number of hydrogen-bond acceptors (Lipinski definition) is 7. The Balaban J connectivity index is 2.19. The summed E-state index contributed by atoms with van der Waals surface area (Å²) >= 11 is 1.43. The number of aromatic nitrogens is 1. The smallest absolute Gasteiger partial charge is 0.226 e. The van der Waals surface area contributed by atoms with Crippen molar-refractivity contribution in [1.82, 2.24) is 10.3 Å². The summed E-state index contributed by atoms with van der Waals surface area (Å²) in [7, 11) is 4.67. The summed E-state index contributed by atoms with van der Waals surface area (Å²) in [5.74, 6) is 1.60. The molecule has 1 aromatic carbocycles. The van der Waals surface area contributed by atoms with Crippen LogP contribution in [0.4, 0.5) is 0 Å². The fourth-order valence-corrected chi connectivity index (χ4v) is 3.38. The van der Waals surface area contributed by atoms with Gasteiger partial charge in [-0.05, 0) is 18.1 Å². The molecular weight excluding hydrogens is 368 g/mol. The van der Waals surface area contributed by atoms with Crippen LogP contribution in [0.1, 0.15) is 19.5 Å². The summed E-state index contributed by atoms with van der Waals surface area (Å²) in [6.07, 6.45) is 0.157. The maximum atomic E-state index is 12.2. The van der Waals surface area contributed by atoms with E-state index in [9.17, 15) is 9.90 Å². The molecule has 2 rings (SSSR count). The number of aliphatic hydroxyl groups excluding tert-OH is 1. The van der Waals surface area contributed by atoms with E-state index in [1.54, 1.807) is 21.3 Å². The van der Waals surface area contributed by atoms with Crippen molar-refractivity contribution >= 4 is 17.2 Å². The Bertz CT molecular complexity index is 750. The van der Waals surface area contributed by atoms with Crippen LogP contribution in [0.15, 0.2) is 17.5 Å². The Hall–Kier alpha value is -2.32. The highest BCUT2D eigenvalue weighted by Crippen LogP contribution is 2.41. The van der Waals surface area contributed by atoms with Gasteiger partial charge in [0.2, 0.25) is 11.7 Å². The van der Waals surface area contributed by atoms with Crippen LogP contribution in [0.2, 0.25) is 0 Å². The molecule has 7 nitrogen and oxygen atoms in total. The molecule has 2 N–H and O–H groups in total. The van der Waals surface area contributed by atoms with Gasteiger partial charge in [-0.25, -0.2) is 4.98 Å². The number of benzene rings is 1. The third-order valence-electron chi connectivity index (χ3n) is 4.15. The molecule has 0 unspecified atom stereocenters. The largest absolute Gasteiger partial charge is 0.493 e. The lowest BCUT2D eigenvalue weighted by Crippen LogP contribution is -2.41. The number of carbonyl (C=O) groups excluding carboxylic acids is 1. The quantitative estimate of drug-likeness (QED) is 0.679. The highest BCUT2D eigenvalue weighted by Gasteiger charge is 2.18. The fourth-order valence-electron chi connectivity index (χ4n) is 2.57. The van der Waals surface area contributed by atoms with Crippen molar-refractivity contribution in [2.75, 3.05) is 27.9 Å². The van der Waals surface area contributed by atoms with Crippen molar-refractivity contribution in [2.45, 2.75) is 26.3 Å². The van der Waals surface area contributed by atoms with Gasteiger partial charge in [-0.1, -0.05) is 13.8 Å². The fraction of sp³-hybridized carbons (Fsp3) is 0.474. The number of aliphatic hydroxyl groups is 1. The molecule has 1 atom stereocenters. The Morgan fingerprint density at radius 2 is 1.81 bits per heavy atom. The third-order valence-corrected chi connectivity index (χ3v) is 5.09. The van der Waals surface area contributed by atoms with Crippen molar-refractivity contribution in [3.8, 4) is 27.8 Å². The van der Waals surface area contributed by atoms with E-state index in [2.05, 4.69) is 10.3 Å². The molecule has 1 heterocycles. The number of carbonyl (C=O) groups is 1. The molecule has 148 valence electrons. The summed E-state index contributed by atoms with van der Waals surface area (Å²) in [4.78, 5) is 16.8. The van der Waals surface area contributed by atoms with Crippen LogP contribution in [0.25, 0.3) is 10.6 Å². The predicted octanol–water partition coefficient (Wildman–Crippen LogP) is 2.51. The van der Waals surface area contributed by atoms with E-state index in [4.69, 9.17) is 14.2 Å². The minimum Gasteiger partial charge on any atom is -0.493 e. The molecule has 0 bridgehead atoms. The topological polar surface area (TPSA) is 89.9 Å². The van der Waals surface area contributed by atoms with Crippen LogP contribution < -0.4 is 19.5 Å². The number of nitrogens with one attached hydrogen (secondary N) is 1. The van der Waals surface area contributed by atoms with Crippen LogP contribution >= 0.6 is 11.3 Å². The summed E-state index contributed by atoms with van der Waals surface area (Å²) in [6.45, 7) is 3.82. The van der Waals surface area contributed by atoms with E-state index in [1.807, 2.05) is 31.4 Å². The SMILES string of the molecule is COc1cc(-c2nc(CC(=O)N[C@@H](CO)C(C)C)cs2)cc(OC)c1OC. The monoisotopic (exact) mass is 394 g/mol. The molecule has 8 heteroatoms. The molecule has 0 spiro atoms. The van der Waals surface area contributed by atoms with Gasteiger partial charge in [-0.3, -0.25) is 4.79 Å². The summed E-state index contributed by atoms with van der Waals surface area (Å²) in [6, 6.07) is 3.39.